The van der Waals surface area contributed by atoms with Crippen molar-refractivity contribution in [1.29, 1.82) is 0 Å². The number of amides is 1. The lowest BCUT2D eigenvalue weighted by Crippen LogP contribution is -2.54. The molecule has 21 heavy (non-hydrogen) atoms. The maximum atomic E-state index is 12.8. The molecule has 0 spiro atoms. The van der Waals surface area contributed by atoms with Gasteiger partial charge in [0.2, 0.25) is 5.91 Å². The number of nitrogens with two attached hydrogens (primary N) is 1. The molecule has 120 valence electrons. The monoisotopic (exact) mass is 295 g/mol. The minimum absolute atomic E-state index is 0.0381. The van der Waals surface area contributed by atoms with Gasteiger partial charge in [-0.15, -0.1) is 0 Å². The van der Waals surface area contributed by atoms with Crippen LogP contribution in [0.15, 0.2) is 5.16 Å². The quantitative estimate of drug-likeness (QED) is 0.324. The predicted molar refractivity (Wildman–Crippen MR) is 83.0 cm³/mol. The van der Waals surface area contributed by atoms with Crippen LogP contribution in [-0.2, 0) is 4.79 Å². The van der Waals surface area contributed by atoms with Gasteiger partial charge in [-0.05, 0) is 43.9 Å². The van der Waals surface area contributed by atoms with Crippen molar-refractivity contribution >= 4 is 11.7 Å². The Bertz CT molecular complexity index is 392. The van der Waals surface area contributed by atoms with Gasteiger partial charge in [0.1, 0.15) is 5.41 Å². The molecular weight excluding hydrogens is 266 g/mol. The van der Waals surface area contributed by atoms with Gasteiger partial charge in [0.25, 0.3) is 0 Å². The number of amidine groups is 1. The third kappa shape index (κ3) is 3.50. The van der Waals surface area contributed by atoms with Crippen LogP contribution in [0.4, 0.5) is 0 Å². The van der Waals surface area contributed by atoms with Gasteiger partial charge in [-0.1, -0.05) is 38.3 Å². The standard InChI is InChI=1S/C16H29N3O2/c1-11-8-12(2)10-13(9-11)18-15(20)16(14(17)19-21)6-4-3-5-7-16/h11-13,21H,3-10H2,1-2H3,(H2,17,19)(H,18,20). The summed E-state index contributed by atoms with van der Waals surface area (Å²) in [4.78, 5) is 12.8. The van der Waals surface area contributed by atoms with Gasteiger partial charge in [0, 0.05) is 6.04 Å². The lowest BCUT2D eigenvalue weighted by molar-refractivity contribution is -0.130. The molecule has 4 N–H and O–H groups in total. The van der Waals surface area contributed by atoms with Crippen LogP contribution in [0.25, 0.3) is 0 Å². The molecule has 0 aromatic heterocycles. The van der Waals surface area contributed by atoms with Crippen molar-refractivity contribution in [3.63, 3.8) is 0 Å². The third-order valence-electron chi connectivity index (χ3n) is 5.25. The molecule has 2 fully saturated rings. The summed E-state index contributed by atoms with van der Waals surface area (Å²) in [5.74, 6) is 1.33. The zero-order valence-electron chi connectivity index (χ0n) is 13.3. The van der Waals surface area contributed by atoms with Crippen LogP contribution >= 0.6 is 0 Å². The van der Waals surface area contributed by atoms with Crippen LogP contribution in [-0.4, -0.2) is 23.0 Å². The highest BCUT2D eigenvalue weighted by Crippen LogP contribution is 2.38. The summed E-state index contributed by atoms with van der Waals surface area (Å²) in [6, 6.07) is 0.224. The van der Waals surface area contributed by atoms with Crippen LogP contribution in [0.5, 0.6) is 0 Å². The number of carbonyl (C=O) groups excluding carboxylic acids is 1. The van der Waals surface area contributed by atoms with E-state index in [0.717, 1.165) is 32.1 Å². The smallest absolute Gasteiger partial charge is 0.234 e. The van der Waals surface area contributed by atoms with Crippen LogP contribution in [0.1, 0.15) is 65.2 Å². The molecule has 0 bridgehead atoms. The van der Waals surface area contributed by atoms with Crippen LogP contribution in [0.2, 0.25) is 0 Å². The fraction of sp³-hybridized carbons (Fsp3) is 0.875. The third-order valence-corrected chi connectivity index (χ3v) is 5.25. The maximum Gasteiger partial charge on any atom is 0.234 e. The van der Waals surface area contributed by atoms with Crippen molar-refractivity contribution < 1.29 is 10.0 Å². The van der Waals surface area contributed by atoms with E-state index in [0.29, 0.717) is 24.7 Å². The van der Waals surface area contributed by atoms with E-state index in [1.165, 1.54) is 6.42 Å². The van der Waals surface area contributed by atoms with Crippen LogP contribution in [0, 0.1) is 17.3 Å². The first-order valence-corrected chi connectivity index (χ1v) is 8.27. The Morgan fingerprint density at radius 2 is 1.71 bits per heavy atom. The van der Waals surface area contributed by atoms with Gasteiger partial charge in [-0.2, -0.15) is 0 Å². The Labute approximate surface area is 127 Å². The number of nitrogens with zero attached hydrogens (tertiary/aromatic N) is 1. The molecule has 2 unspecified atom stereocenters. The first kappa shape index (κ1) is 16.1. The predicted octanol–water partition coefficient (Wildman–Crippen LogP) is 2.62. The maximum absolute atomic E-state index is 12.8. The molecular formula is C16H29N3O2. The molecule has 0 heterocycles. The Kier molecular flexibility index (Phi) is 5.12. The molecule has 1 amide bonds. The number of hydrogen-bond acceptors (Lipinski definition) is 3. The van der Waals surface area contributed by atoms with Crippen molar-refractivity contribution in [3.05, 3.63) is 0 Å². The minimum Gasteiger partial charge on any atom is -0.409 e. The Morgan fingerprint density at radius 1 is 1.14 bits per heavy atom. The molecule has 2 atom stereocenters. The van der Waals surface area contributed by atoms with Gasteiger partial charge in [0.15, 0.2) is 5.84 Å². The Balaban J connectivity index is 2.08. The van der Waals surface area contributed by atoms with E-state index in [1.54, 1.807) is 0 Å². The average molecular weight is 295 g/mol. The SMILES string of the molecule is CC1CC(C)CC(NC(=O)C2(C(N)=NO)CCCCC2)C1. The lowest BCUT2D eigenvalue weighted by atomic mass is 9.71. The van der Waals surface area contributed by atoms with E-state index >= 15 is 0 Å². The topological polar surface area (TPSA) is 87.7 Å². The summed E-state index contributed by atoms with van der Waals surface area (Å²) in [5, 5.41) is 15.4. The van der Waals surface area contributed by atoms with E-state index in [2.05, 4.69) is 24.3 Å². The molecule has 2 saturated carbocycles. The summed E-state index contributed by atoms with van der Waals surface area (Å²) in [5.41, 5.74) is 5.09. The van der Waals surface area contributed by atoms with E-state index in [-0.39, 0.29) is 17.8 Å². The van der Waals surface area contributed by atoms with Gasteiger partial charge in [0.05, 0.1) is 0 Å². The molecule has 0 radical (unpaired) electrons. The zero-order chi connectivity index (χ0) is 15.5. The summed E-state index contributed by atoms with van der Waals surface area (Å²) >= 11 is 0. The van der Waals surface area contributed by atoms with Crippen molar-refractivity contribution in [3.8, 4) is 0 Å². The minimum atomic E-state index is -0.795. The Hall–Kier alpha value is -1.26. The van der Waals surface area contributed by atoms with E-state index in [1.807, 2.05) is 0 Å². The van der Waals surface area contributed by atoms with Crippen LogP contribution in [0.3, 0.4) is 0 Å². The summed E-state index contributed by atoms with van der Waals surface area (Å²) in [7, 11) is 0. The average Bonchev–Trinajstić information content (AvgIpc) is 2.46. The van der Waals surface area contributed by atoms with E-state index < -0.39 is 5.41 Å². The summed E-state index contributed by atoms with van der Waals surface area (Å²) in [6.45, 7) is 4.49. The second-order valence-corrected chi connectivity index (χ2v) is 7.22. The zero-order valence-corrected chi connectivity index (χ0v) is 13.3. The first-order chi connectivity index (χ1) is 9.98. The van der Waals surface area contributed by atoms with Crippen molar-refractivity contribution in [1.82, 2.24) is 5.32 Å². The van der Waals surface area contributed by atoms with E-state index in [9.17, 15) is 4.79 Å². The van der Waals surface area contributed by atoms with Crippen molar-refractivity contribution in [2.75, 3.05) is 0 Å². The normalized spacial score (nSPS) is 33.4. The van der Waals surface area contributed by atoms with Crippen molar-refractivity contribution in [2.24, 2.45) is 28.1 Å². The molecule has 0 saturated heterocycles. The largest absolute Gasteiger partial charge is 0.409 e. The Morgan fingerprint density at radius 3 is 2.24 bits per heavy atom. The number of carbonyl (C=O) groups is 1. The molecule has 0 aromatic rings. The highest BCUT2D eigenvalue weighted by Gasteiger charge is 2.44. The summed E-state index contributed by atoms with van der Waals surface area (Å²) < 4.78 is 0. The second kappa shape index (κ2) is 6.67. The van der Waals surface area contributed by atoms with Gasteiger partial charge < -0.3 is 16.3 Å². The van der Waals surface area contributed by atoms with Gasteiger partial charge in [-0.25, -0.2) is 0 Å². The lowest BCUT2D eigenvalue weighted by Gasteiger charge is -2.38. The molecule has 2 rings (SSSR count). The van der Waals surface area contributed by atoms with Gasteiger partial charge >= 0.3 is 0 Å². The highest BCUT2D eigenvalue weighted by atomic mass is 16.4. The van der Waals surface area contributed by atoms with E-state index in [4.69, 9.17) is 10.9 Å². The number of rotatable bonds is 3. The summed E-state index contributed by atoms with van der Waals surface area (Å²) in [6.07, 6.45) is 7.70. The van der Waals surface area contributed by atoms with Gasteiger partial charge in [-0.3, -0.25) is 4.79 Å². The molecule has 5 nitrogen and oxygen atoms in total. The molecule has 0 aromatic carbocycles. The highest BCUT2D eigenvalue weighted by molar-refractivity contribution is 6.06. The fourth-order valence-corrected chi connectivity index (χ4v) is 4.24. The molecule has 2 aliphatic rings. The first-order valence-electron chi connectivity index (χ1n) is 8.27. The molecule has 2 aliphatic carbocycles. The molecule has 5 heteroatoms. The number of oxime groups is 1. The van der Waals surface area contributed by atoms with Crippen molar-refractivity contribution in [2.45, 2.75) is 71.3 Å². The number of hydrogen-bond donors (Lipinski definition) is 3. The fourth-order valence-electron chi connectivity index (χ4n) is 4.24. The van der Waals surface area contributed by atoms with Crippen LogP contribution < -0.4 is 11.1 Å². The second-order valence-electron chi connectivity index (χ2n) is 7.22. The number of nitrogens with one attached hydrogen (secondary N) is 1. The molecule has 0 aliphatic heterocycles.